The van der Waals surface area contributed by atoms with Crippen LogP contribution in [0.5, 0.6) is 0 Å². The van der Waals surface area contributed by atoms with Crippen LogP contribution in [-0.4, -0.2) is 35.1 Å². The van der Waals surface area contributed by atoms with Crippen LogP contribution in [-0.2, 0) is 6.54 Å². The summed E-state index contributed by atoms with van der Waals surface area (Å²) in [6.07, 6.45) is 0.688. The van der Waals surface area contributed by atoms with E-state index >= 15 is 0 Å². The summed E-state index contributed by atoms with van der Waals surface area (Å²) in [6, 6.07) is 18.8. The number of likely N-dealkylation sites (tertiary alicyclic amines) is 1. The number of aliphatic hydroxyl groups excluding tert-OH is 1. The van der Waals surface area contributed by atoms with Gasteiger partial charge in [-0.2, -0.15) is 0 Å². The van der Waals surface area contributed by atoms with Crippen molar-refractivity contribution in [3.05, 3.63) is 81.7 Å². The van der Waals surface area contributed by atoms with Crippen molar-refractivity contribution in [1.29, 1.82) is 0 Å². The smallest absolute Gasteiger partial charge is 0.248 e. The Morgan fingerprint density at radius 3 is 2.77 bits per heavy atom. The largest absolute Gasteiger partial charge is 0.392 e. The minimum atomic E-state index is -0.382. The molecule has 2 heterocycles. The fourth-order valence-corrected chi connectivity index (χ4v) is 5.37. The van der Waals surface area contributed by atoms with Gasteiger partial charge in [0.1, 0.15) is 0 Å². The Labute approximate surface area is 182 Å². The Morgan fingerprint density at radius 1 is 1.23 bits per heavy atom. The molecule has 5 heteroatoms. The number of amides is 1. The quantitative estimate of drug-likeness (QED) is 0.615. The van der Waals surface area contributed by atoms with E-state index in [1.807, 2.05) is 24.3 Å². The van der Waals surface area contributed by atoms with E-state index in [4.69, 9.17) is 5.73 Å². The predicted octanol–water partition coefficient (Wildman–Crippen LogP) is 4.54. The number of hydrogen-bond donors (Lipinski definition) is 2. The SMILES string of the molecule is Cc1c(C(N)=O)cccc1[C@H](C)c1cccc(-c2ccc(CN3CC[C@@H](O)C3)s2)c1. The molecule has 4 rings (SSSR count). The molecule has 4 nitrogen and oxygen atoms in total. The number of primary amides is 1. The van der Waals surface area contributed by atoms with Gasteiger partial charge in [-0.25, -0.2) is 0 Å². The first-order chi connectivity index (χ1) is 14.4. The van der Waals surface area contributed by atoms with Gasteiger partial charge in [0.2, 0.25) is 5.91 Å². The van der Waals surface area contributed by atoms with Gasteiger partial charge >= 0.3 is 0 Å². The van der Waals surface area contributed by atoms with Crippen molar-refractivity contribution in [1.82, 2.24) is 4.90 Å². The van der Waals surface area contributed by atoms with Crippen molar-refractivity contribution in [3.63, 3.8) is 0 Å². The summed E-state index contributed by atoms with van der Waals surface area (Å²) < 4.78 is 0. The zero-order valence-corrected chi connectivity index (χ0v) is 18.3. The Hall–Kier alpha value is -2.47. The van der Waals surface area contributed by atoms with Gasteiger partial charge in [-0.3, -0.25) is 9.69 Å². The number of thiophene rings is 1. The van der Waals surface area contributed by atoms with Crippen molar-refractivity contribution >= 4 is 17.2 Å². The van der Waals surface area contributed by atoms with E-state index < -0.39 is 0 Å². The van der Waals surface area contributed by atoms with Gasteiger partial charge in [0, 0.05) is 40.9 Å². The number of rotatable bonds is 6. The number of benzene rings is 2. The van der Waals surface area contributed by atoms with Crippen LogP contribution in [0.3, 0.4) is 0 Å². The molecule has 0 spiro atoms. The maximum absolute atomic E-state index is 11.7. The lowest BCUT2D eigenvalue weighted by molar-refractivity contribution is 0.0999. The van der Waals surface area contributed by atoms with Crippen LogP contribution in [0.1, 0.15) is 51.2 Å². The Bertz CT molecular complexity index is 1060. The molecule has 1 aromatic heterocycles. The Morgan fingerprint density at radius 2 is 2.03 bits per heavy atom. The number of aliphatic hydroxyl groups is 1. The summed E-state index contributed by atoms with van der Waals surface area (Å²) in [7, 11) is 0. The zero-order valence-electron chi connectivity index (χ0n) is 17.5. The van der Waals surface area contributed by atoms with Crippen LogP contribution in [0.2, 0.25) is 0 Å². The molecule has 1 saturated heterocycles. The number of carbonyl (C=O) groups excluding carboxylic acids is 1. The van der Waals surface area contributed by atoms with E-state index in [1.54, 1.807) is 6.07 Å². The second kappa shape index (κ2) is 8.72. The van der Waals surface area contributed by atoms with Crippen LogP contribution in [0.15, 0.2) is 54.6 Å². The molecule has 0 saturated carbocycles. The maximum atomic E-state index is 11.7. The summed E-state index contributed by atoms with van der Waals surface area (Å²) >= 11 is 1.82. The third kappa shape index (κ3) is 4.33. The molecule has 3 aromatic rings. The molecule has 3 N–H and O–H groups in total. The van der Waals surface area contributed by atoms with Gasteiger partial charge in [-0.05, 0) is 59.9 Å². The van der Waals surface area contributed by atoms with Crippen molar-refractivity contribution in [2.75, 3.05) is 13.1 Å². The number of carbonyl (C=O) groups is 1. The predicted molar refractivity (Wildman–Crippen MR) is 123 cm³/mol. The summed E-state index contributed by atoms with van der Waals surface area (Å²) in [5.74, 6) is -0.221. The van der Waals surface area contributed by atoms with Gasteiger partial charge in [0.15, 0.2) is 0 Å². The van der Waals surface area contributed by atoms with Crippen molar-refractivity contribution in [2.45, 2.75) is 38.8 Å². The molecule has 156 valence electrons. The first kappa shape index (κ1) is 20.8. The molecule has 30 heavy (non-hydrogen) atoms. The highest BCUT2D eigenvalue weighted by Gasteiger charge is 2.21. The lowest BCUT2D eigenvalue weighted by Gasteiger charge is -2.17. The third-order valence-electron chi connectivity index (χ3n) is 6.07. The van der Waals surface area contributed by atoms with Crippen molar-refractivity contribution < 1.29 is 9.90 Å². The molecule has 1 aliphatic heterocycles. The molecule has 0 aliphatic carbocycles. The van der Waals surface area contributed by atoms with E-state index in [0.29, 0.717) is 5.56 Å². The molecule has 0 bridgehead atoms. The average Bonchev–Trinajstić information content (AvgIpc) is 3.37. The molecule has 0 radical (unpaired) electrons. The maximum Gasteiger partial charge on any atom is 0.248 e. The molecule has 2 aromatic carbocycles. The number of β-amino-alcohol motifs (C(OH)–C–C–N with tert-alkyl or cyclic N) is 1. The first-order valence-corrected chi connectivity index (χ1v) is 11.2. The van der Waals surface area contributed by atoms with Gasteiger partial charge in [-0.15, -0.1) is 11.3 Å². The van der Waals surface area contributed by atoms with Gasteiger partial charge in [-0.1, -0.05) is 37.3 Å². The Kier molecular flexibility index (Phi) is 6.04. The van der Waals surface area contributed by atoms with E-state index in [9.17, 15) is 9.90 Å². The number of hydrogen-bond acceptors (Lipinski definition) is 4. The Balaban J connectivity index is 1.56. The molecule has 2 atom stereocenters. The summed E-state index contributed by atoms with van der Waals surface area (Å²) in [6.45, 7) is 6.77. The molecule has 1 fully saturated rings. The lowest BCUT2D eigenvalue weighted by atomic mass is 9.87. The number of nitrogens with two attached hydrogens (primary N) is 1. The van der Waals surface area contributed by atoms with Crippen LogP contribution in [0, 0.1) is 6.92 Å². The first-order valence-electron chi connectivity index (χ1n) is 10.4. The molecule has 1 aliphatic rings. The van der Waals surface area contributed by atoms with Gasteiger partial charge in [0.05, 0.1) is 6.10 Å². The fourth-order valence-electron chi connectivity index (χ4n) is 4.32. The number of nitrogens with zero attached hydrogens (tertiary/aromatic N) is 1. The minimum Gasteiger partial charge on any atom is -0.392 e. The second-order valence-electron chi connectivity index (χ2n) is 8.17. The highest BCUT2D eigenvalue weighted by molar-refractivity contribution is 7.15. The van der Waals surface area contributed by atoms with E-state index in [0.717, 1.165) is 37.2 Å². The standard InChI is InChI=1S/C25H28N2O2S/c1-16(22-7-4-8-23(17(22)2)25(26)29)18-5-3-6-19(13-18)24-10-9-21(30-24)15-27-12-11-20(28)14-27/h3-10,13,16,20,28H,11-12,14-15H2,1-2H3,(H2,26,29)/t16-,20-/m1/s1. The molecule has 0 unspecified atom stereocenters. The van der Waals surface area contributed by atoms with Crippen LogP contribution >= 0.6 is 11.3 Å². The normalized spacial score (nSPS) is 17.9. The zero-order chi connectivity index (χ0) is 21.3. The van der Waals surface area contributed by atoms with Crippen LogP contribution < -0.4 is 5.73 Å². The summed E-state index contributed by atoms with van der Waals surface area (Å²) in [4.78, 5) is 16.6. The van der Waals surface area contributed by atoms with Crippen molar-refractivity contribution in [2.24, 2.45) is 5.73 Å². The van der Waals surface area contributed by atoms with Crippen LogP contribution in [0.25, 0.3) is 10.4 Å². The van der Waals surface area contributed by atoms with Crippen molar-refractivity contribution in [3.8, 4) is 10.4 Å². The summed E-state index contributed by atoms with van der Waals surface area (Å²) in [5, 5.41) is 9.74. The lowest BCUT2D eigenvalue weighted by Crippen LogP contribution is -2.20. The van der Waals surface area contributed by atoms with Gasteiger partial charge < -0.3 is 10.8 Å². The van der Waals surface area contributed by atoms with Gasteiger partial charge in [0.25, 0.3) is 0 Å². The van der Waals surface area contributed by atoms with E-state index in [1.165, 1.54) is 20.9 Å². The third-order valence-corrected chi connectivity index (χ3v) is 7.19. The second-order valence-corrected chi connectivity index (χ2v) is 9.34. The summed E-state index contributed by atoms with van der Waals surface area (Å²) in [5.41, 5.74) is 10.6. The van der Waals surface area contributed by atoms with E-state index in [2.05, 4.69) is 54.3 Å². The highest BCUT2D eigenvalue weighted by atomic mass is 32.1. The topological polar surface area (TPSA) is 66.6 Å². The molecular formula is C25H28N2O2S. The average molecular weight is 421 g/mol. The minimum absolute atomic E-state index is 0.162. The monoisotopic (exact) mass is 420 g/mol. The van der Waals surface area contributed by atoms with Crippen LogP contribution in [0.4, 0.5) is 0 Å². The molecule has 1 amide bonds. The van der Waals surface area contributed by atoms with E-state index in [-0.39, 0.29) is 17.9 Å². The molecular weight excluding hydrogens is 392 g/mol. The highest BCUT2D eigenvalue weighted by Crippen LogP contribution is 2.34. The fraction of sp³-hybridized carbons (Fsp3) is 0.320.